The average Bonchev–Trinajstić information content (AvgIpc) is 2.63. The zero-order chi connectivity index (χ0) is 20.7. The van der Waals surface area contributed by atoms with Gasteiger partial charge in [0.15, 0.2) is 0 Å². The summed E-state index contributed by atoms with van der Waals surface area (Å²) in [7, 11) is 3.15. The van der Waals surface area contributed by atoms with Crippen molar-refractivity contribution in [3.05, 3.63) is 43.1 Å². The van der Waals surface area contributed by atoms with Gasteiger partial charge in [0.2, 0.25) is 11.6 Å². The lowest BCUT2D eigenvalue weighted by Gasteiger charge is -2.23. The summed E-state index contributed by atoms with van der Waals surface area (Å²) in [6.45, 7) is 3.34. The van der Waals surface area contributed by atoms with Crippen LogP contribution in [0.15, 0.2) is 27.1 Å². The maximum atomic E-state index is 11.9. The van der Waals surface area contributed by atoms with E-state index >= 15 is 0 Å². The van der Waals surface area contributed by atoms with Crippen LogP contribution < -0.4 is 10.2 Å². The van der Waals surface area contributed by atoms with Gasteiger partial charge in [-0.2, -0.15) is 0 Å². The molecule has 28 heavy (non-hydrogen) atoms. The second-order valence-corrected chi connectivity index (χ2v) is 7.54. The highest BCUT2D eigenvalue weighted by Gasteiger charge is 2.28. The van der Waals surface area contributed by atoms with Gasteiger partial charge in [0.05, 0.1) is 23.8 Å². The molecule has 0 amide bonds. The third kappa shape index (κ3) is 5.84. The van der Waals surface area contributed by atoms with Crippen molar-refractivity contribution in [2.75, 3.05) is 50.7 Å². The normalized spacial score (nSPS) is 10.8. The lowest BCUT2D eigenvalue weighted by molar-refractivity contribution is -0.383. The Balaban J connectivity index is 2.52. The van der Waals surface area contributed by atoms with Gasteiger partial charge in [0.1, 0.15) is 5.82 Å². The second-order valence-electron chi connectivity index (χ2n) is 5.77. The van der Waals surface area contributed by atoms with E-state index in [0.717, 1.165) is 8.95 Å². The van der Waals surface area contributed by atoms with E-state index in [0.29, 0.717) is 37.8 Å². The Kier molecular flexibility index (Phi) is 8.55. The molecule has 0 fully saturated rings. The standard InChI is InChI=1S/C17H21Br2N5O4/c1-11-20-16(22-14-5-4-12(18)10-13(14)19)15(24(25)26)17(21-11)23(6-8-27-2)7-9-28-3/h4-5,10H,6-9H2,1-3H3,(H,20,21,22). The van der Waals surface area contributed by atoms with Crippen LogP contribution in [0.4, 0.5) is 23.0 Å². The molecule has 2 rings (SSSR count). The van der Waals surface area contributed by atoms with Crippen LogP contribution in [-0.4, -0.2) is 55.4 Å². The Morgan fingerprint density at radius 1 is 1.18 bits per heavy atom. The third-order valence-electron chi connectivity index (χ3n) is 3.77. The number of hydrogen-bond donors (Lipinski definition) is 1. The molecule has 152 valence electrons. The maximum absolute atomic E-state index is 11.9. The van der Waals surface area contributed by atoms with Crippen molar-refractivity contribution < 1.29 is 14.4 Å². The lowest BCUT2D eigenvalue weighted by Crippen LogP contribution is -2.32. The molecule has 0 radical (unpaired) electrons. The predicted molar refractivity (Wildman–Crippen MR) is 115 cm³/mol. The average molecular weight is 519 g/mol. The molecule has 2 aromatic rings. The molecule has 1 aromatic heterocycles. The van der Waals surface area contributed by atoms with Crippen LogP contribution in [0.25, 0.3) is 0 Å². The molecule has 11 heteroatoms. The first-order valence-corrected chi connectivity index (χ1v) is 9.94. The molecule has 0 bridgehead atoms. The highest BCUT2D eigenvalue weighted by atomic mass is 79.9. The summed E-state index contributed by atoms with van der Waals surface area (Å²) in [5.41, 5.74) is 0.448. The predicted octanol–water partition coefficient (Wildman–Crippen LogP) is 4.06. The van der Waals surface area contributed by atoms with E-state index in [1.165, 1.54) is 0 Å². The lowest BCUT2D eigenvalue weighted by atomic mass is 10.3. The van der Waals surface area contributed by atoms with Crippen LogP contribution in [0.2, 0.25) is 0 Å². The van der Waals surface area contributed by atoms with Gasteiger partial charge in [-0.1, -0.05) is 15.9 Å². The summed E-state index contributed by atoms with van der Waals surface area (Å²) in [6, 6.07) is 5.46. The van der Waals surface area contributed by atoms with Gasteiger partial charge < -0.3 is 19.7 Å². The third-order valence-corrected chi connectivity index (χ3v) is 4.92. The van der Waals surface area contributed by atoms with Crippen LogP contribution >= 0.6 is 31.9 Å². The van der Waals surface area contributed by atoms with Gasteiger partial charge in [-0.25, -0.2) is 9.97 Å². The summed E-state index contributed by atoms with van der Waals surface area (Å²) >= 11 is 6.84. The van der Waals surface area contributed by atoms with Crippen LogP contribution in [-0.2, 0) is 9.47 Å². The Labute approximate surface area is 179 Å². The van der Waals surface area contributed by atoms with Crippen molar-refractivity contribution in [3.63, 3.8) is 0 Å². The smallest absolute Gasteiger partial charge is 0.353 e. The molecule has 0 saturated heterocycles. The molecule has 0 aliphatic rings. The van der Waals surface area contributed by atoms with Crippen molar-refractivity contribution in [1.29, 1.82) is 0 Å². The maximum Gasteiger partial charge on any atom is 0.353 e. The number of nitrogens with one attached hydrogen (secondary N) is 1. The SMILES string of the molecule is COCCN(CCOC)c1nc(C)nc(Nc2ccc(Br)cc2Br)c1[N+](=O)[O-]. The minimum Gasteiger partial charge on any atom is -0.383 e. The number of hydrogen-bond acceptors (Lipinski definition) is 8. The van der Waals surface area contributed by atoms with Gasteiger partial charge >= 0.3 is 5.69 Å². The molecule has 0 saturated carbocycles. The summed E-state index contributed by atoms with van der Waals surface area (Å²) in [5, 5.41) is 15.0. The van der Waals surface area contributed by atoms with Crippen LogP contribution in [0.1, 0.15) is 5.82 Å². The minimum atomic E-state index is -0.476. The molecular formula is C17H21Br2N5O4. The first-order chi connectivity index (χ1) is 13.4. The van der Waals surface area contributed by atoms with Gasteiger partial charge in [0, 0.05) is 36.3 Å². The molecule has 0 aliphatic heterocycles. The zero-order valence-corrected chi connectivity index (χ0v) is 18.9. The van der Waals surface area contributed by atoms with E-state index in [1.807, 2.05) is 12.1 Å². The van der Waals surface area contributed by atoms with Gasteiger partial charge in [-0.15, -0.1) is 0 Å². The van der Waals surface area contributed by atoms with Gasteiger partial charge in [-0.05, 0) is 41.1 Å². The van der Waals surface area contributed by atoms with E-state index in [1.54, 1.807) is 32.1 Å². The van der Waals surface area contributed by atoms with E-state index < -0.39 is 4.92 Å². The quantitative estimate of drug-likeness (QED) is 0.371. The summed E-state index contributed by atoms with van der Waals surface area (Å²) in [5.74, 6) is 0.758. The number of aromatic nitrogens is 2. The monoisotopic (exact) mass is 517 g/mol. The highest BCUT2D eigenvalue weighted by molar-refractivity contribution is 9.11. The van der Waals surface area contributed by atoms with Crippen molar-refractivity contribution in [3.8, 4) is 0 Å². The van der Waals surface area contributed by atoms with E-state index in [2.05, 4.69) is 47.1 Å². The van der Waals surface area contributed by atoms with Crippen molar-refractivity contribution in [2.24, 2.45) is 0 Å². The topological polar surface area (TPSA) is 103 Å². The minimum absolute atomic E-state index is 0.121. The van der Waals surface area contributed by atoms with Crippen molar-refractivity contribution in [2.45, 2.75) is 6.92 Å². The fourth-order valence-corrected chi connectivity index (χ4v) is 3.62. The first-order valence-electron chi connectivity index (χ1n) is 8.35. The molecule has 9 nitrogen and oxygen atoms in total. The molecule has 1 heterocycles. The fourth-order valence-electron chi connectivity index (χ4n) is 2.47. The van der Waals surface area contributed by atoms with Gasteiger partial charge in [0.25, 0.3) is 0 Å². The van der Waals surface area contributed by atoms with Crippen molar-refractivity contribution in [1.82, 2.24) is 9.97 Å². The largest absolute Gasteiger partial charge is 0.383 e. The van der Waals surface area contributed by atoms with E-state index in [9.17, 15) is 10.1 Å². The molecule has 0 unspecified atom stereocenters. The highest BCUT2D eigenvalue weighted by Crippen LogP contribution is 2.36. The Morgan fingerprint density at radius 3 is 2.36 bits per heavy atom. The molecule has 0 spiro atoms. The Bertz CT molecular complexity index is 829. The summed E-state index contributed by atoms with van der Waals surface area (Å²) < 4.78 is 11.9. The molecule has 1 N–H and O–H groups in total. The van der Waals surface area contributed by atoms with Crippen LogP contribution in [0.5, 0.6) is 0 Å². The molecule has 0 atom stereocenters. The van der Waals surface area contributed by atoms with E-state index in [4.69, 9.17) is 9.47 Å². The number of aryl methyl sites for hydroxylation is 1. The number of rotatable bonds is 10. The van der Waals surface area contributed by atoms with Crippen molar-refractivity contribution >= 4 is 54.9 Å². The molecule has 0 aliphatic carbocycles. The number of ether oxygens (including phenoxy) is 2. The fraction of sp³-hybridized carbons (Fsp3) is 0.412. The Hall–Kier alpha value is -1.82. The number of benzene rings is 1. The van der Waals surface area contributed by atoms with Crippen LogP contribution in [0.3, 0.4) is 0 Å². The second kappa shape index (κ2) is 10.6. The number of halogens is 2. The first kappa shape index (κ1) is 22.5. The van der Waals surface area contributed by atoms with E-state index in [-0.39, 0.29) is 17.3 Å². The van der Waals surface area contributed by atoms with Gasteiger partial charge in [-0.3, -0.25) is 10.1 Å². The van der Waals surface area contributed by atoms with Crippen LogP contribution in [0, 0.1) is 17.0 Å². The number of methoxy groups -OCH3 is 2. The summed E-state index contributed by atoms with van der Waals surface area (Å²) in [6.07, 6.45) is 0. The molecule has 1 aromatic carbocycles. The molecular weight excluding hydrogens is 498 g/mol. The summed E-state index contributed by atoms with van der Waals surface area (Å²) in [4.78, 5) is 21.8. The number of anilines is 3. The Morgan fingerprint density at radius 2 is 1.82 bits per heavy atom. The zero-order valence-electron chi connectivity index (χ0n) is 15.7. The number of nitrogens with zero attached hydrogens (tertiary/aromatic N) is 4. The number of nitro groups is 1.